The fourth-order valence-electron chi connectivity index (χ4n) is 2.03. The molecule has 0 unspecified atom stereocenters. The highest BCUT2D eigenvalue weighted by molar-refractivity contribution is 9.10. The van der Waals surface area contributed by atoms with Gasteiger partial charge in [-0.3, -0.25) is 9.78 Å². The van der Waals surface area contributed by atoms with E-state index in [1.165, 1.54) is 0 Å². The summed E-state index contributed by atoms with van der Waals surface area (Å²) in [6.45, 7) is 0.261. The molecular weight excluding hydrogens is 334 g/mol. The highest BCUT2D eigenvalue weighted by atomic mass is 79.9. The molecule has 0 saturated heterocycles. The van der Waals surface area contributed by atoms with Crippen molar-refractivity contribution in [2.75, 3.05) is 5.32 Å². The molecule has 0 bridgehead atoms. The van der Waals surface area contributed by atoms with Gasteiger partial charge in [0.2, 0.25) is 0 Å². The zero-order valence-electron chi connectivity index (χ0n) is 11.0. The number of carbonyl (C=O) groups excluding carboxylic acids is 1. The van der Waals surface area contributed by atoms with Gasteiger partial charge in [-0.1, -0.05) is 12.1 Å². The number of carbonyl (C=O) groups is 1. The molecule has 0 aliphatic rings. The number of amides is 1. The number of nitrogens with one attached hydrogen (secondary N) is 1. The topological polar surface area (TPSA) is 81.2 Å². The van der Waals surface area contributed by atoms with Crippen LogP contribution in [0.2, 0.25) is 0 Å². The summed E-state index contributed by atoms with van der Waals surface area (Å²) >= 11 is 3.38. The Balaban J connectivity index is 1.92. The minimum atomic E-state index is -0.327. The van der Waals surface area contributed by atoms with Gasteiger partial charge in [-0.2, -0.15) is 0 Å². The van der Waals surface area contributed by atoms with Gasteiger partial charge in [0.25, 0.3) is 5.91 Å². The van der Waals surface area contributed by atoms with Crippen LogP contribution < -0.4 is 11.1 Å². The average molecular weight is 346 g/mol. The second-order valence-corrected chi connectivity index (χ2v) is 5.37. The van der Waals surface area contributed by atoms with Crippen molar-refractivity contribution in [2.45, 2.75) is 6.54 Å². The highest BCUT2D eigenvalue weighted by Gasteiger charge is 2.13. The first-order chi connectivity index (χ1) is 10.2. The van der Waals surface area contributed by atoms with Crippen molar-refractivity contribution in [2.24, 2.45) is 5.73 Å². The van der Waals surface area contributed by atoms with Crippen LogP contribution in [0.4, 0.5) is 5.69 Å². The summed E-state index contributed by atoms with van der Waals surface area (Å²) in [6.07, 6.45) is 1.69. The molecule has 0 aliphatic heterocycles. The lowest BCUT2D eigenvalue weighted by molar-refractivity contribution is 0.0995. The van der Waals surface area contributed by atoms with E-state index in [1.54, 1.807) is 24.4 Å². The molecule has 2 aromatic heterocycles. The van der Waals surface area contributed by atoms with Gasteiger partial charge in [-0.25, -0.2) is 0 Å². The SMILES string of the molecule is NCc1ccc(C(=O)Nc2cccc3cc(Br)cnc23)o1. The molecule has 0 saturated carbocycles. The van der Waals surface area contributed by atoms with Crippen molar-refractivity contribution in [3.63, 3.8) is 0 Å². The van der Waals surface area contributed by atoms with Gasteiger partial charge >= 0.3 is 0 Å². The van der Waals surface area contributed by atoms with Crippen LogP contribution in [0.1, 0.15) is 16.3 Å². The largest absolute Gasteiger partial charge is 0.455 e. The Morgan fingerprint density at radius 3 is 2.95 bits per heavy atom. The molecule has 3 N–H and O–H groups in total. The Hall–Kier alpha value is -2.18. The Bertz CT molecular complexity index is 814. The summed E-state index contributed by atoms with van der Waals surface area (Å²) in [7, 11) is 0. The minimum absolute atomic E-state index is 0.226. The number of benzene rings is 1. The molecule has 6 heteroatoms. The molecule has 0 aliphatic carbocycles. The van der Waals surface area contributed by atoms with E-state index < -0.39 is 0 Å². The quantitative estimate of drug-likeness (QED) is 0.762. The van der Waals surface area contributed by atoms with E-state index in [0.29, 0.717) is 11.4 Å². The minimum Gasteiger partial charge on any atom is -0.455 e. The monoisotopic (exact) mass is 345 g/mol. The molecule has 5 nitrogen and oxygen atoms in total. The standard InChI is InChI=1S/C15H12BrN3O2/c16-10-6-9-2-1-3-12(14(9)18-8-10)19-15(20)13-5-4-11(7-17)21-13/h1-6,8H,7,17H2,(H,19,20). The van der Waals surface area contributed by atoms with E-state index in [9.17, 15) is 4.79 Å². The van der Waals surface area contributed by atoms with E-state index in [0.717, 1.165) is 15.4 Å². The van der Waals surface area contributed by atoms with Crippen molar-refractivity contribution in [1.82, 2.24) is 4.98 Å². The first-order valence-corrected chi connectivity index (χ1v) is 7.11. The maximum absolute atomic E-state index is 12.2. The summed E-state index contributed by atoms with van der Waals surface area (Å²) in [6, 6.07) is 10.8. The predicted molar refractivity (Wildman–Crippen MR) is 84.0 cm³/mol. The van der Waals surface area contributed by atoms with Gasteiger partial charge in [-0.05, 0) is 40.2 Å². The second-order valence-electron chi connectivity index (χ2n) is 4.46. The van der Waals surface area contributed by atoms with Crippen LogP contribution in [0.5, 0.6) is 0 Å². The number of aromatic nitrogens is 1. The normalized spacial score (nSPS) is 10.8. The van der Waals surface area contributed by atoms with Crippen molar-refractivity contribution in [1.29, 1.82) is 0 Å². The Morgan fingerprint density at radius 1 is 1.33 bits per heavy atom. The zero-order valence-corrected chi connectivity index (χ0v) is 12.6. The van der Waals surface area contributed by atoms with Crippen LogP contribution in [0, 0.1) is 0 Å². The summed E-state index contributed by atoms with van der Waals surface area (Å²) in [5.41, 5.74) is 6.82. The molecule has 0 radical (unpaired) electrons. The maximum atomic E-state index is 12.2. The molecule has 3 rings (SSSR count). The number of hydrogen-bond acceptors (Lipinski definition) is 4. The van der Waals surface area contributed by atoms with Gasteiger partial charge in [0, 0.05) is 16.1 Å². The lowest BCUT2D eigenvalue weighted by Gasteiger charge is -2.07. The van der Waals surface area contributed by atoms with E-state index in [4.69, 9.17) is 10.2 Å². The first kappa shape index (κ1) is 13.8. The van der Waals surface area contributed by atoms with Crippen LogP contribution in [-0.4, -0.2) is 10.9 Å². The average Bonchev–Trinajstić information content (AvgIpc) is 2.96. The molecule has 1 aromatic carbocycles. The number of hydrogen-bond donors (Lipinski definition) is 2. The van der Waals surface area contributed by atoms with Gasteiger partial charge in [0.05, 0.1) is 17.7 Å². The molecule has 0 spiro atoms. The van der Waals surface area contributed by atoms with Crippen molar-refractivity contribution >= 4 is 38.4 Å². The van der Waals surface area contributed by atoms with Gasteiger partial charge < -0.3 is 15.5 Å². The molecule has 3 aromatic rings. The zero-order chi connectivity index (χ0) is 14.8. The van der Waals surface area contributed by atoms with Gasteiger partial charge in [0.15, 0.2) is 5.76 Å². The highest BCUT2D eigenvalue weighted by Crippen LogP contribution is 2.24. The van der Waals surface area contributed by atoms with Gasteiger partial charge in [-0.15, -0.1) is 0 Å². The van der Waals surface area contributed by atoms with E-state index in [1.807, 2.05) is 18.2 Å². The molecule has 21 heavy (non-hydrogen) atoms. The fourth-order valence-corrected chi connectivity index (χ4v) is 2.38. The van der Waals surface area contributed by atoms with Crippen LogP contribution in [0.3, 0.4) is 0 Å². The van der Waals surface area contributed by atoms with Crippen LogP contribution in [0.15, 0.2) is 51.5 Å². The van der Waals surface area contributed by atoms with Crippen LogP contribution >= 0.6 is 15.9 Å². The number of nitrogens with zero attached hydrogens (tertiary/aromatic N) is 1. The number of anilines is 1. The van der Waals surface area contributed by atoms with Crippen LogP contribution in [-0.2, 0) is 6.54 Å². The summed E-state index contributed by atoms with van der Waals surface area (Å²) in [5.74, 6) is 0.469. The van der Waals surface area contributed by atoms with Crippen molar-refractivity contribution < 1.29 is 9.21 Å². The third-order valence-corrected chi connectivity index (χ3v) is 3.45. The Kier molecular flexibility index (Phi) is 3.72. The van der Waals surface area contributed by atoms with E-state index in [-0.39, 0.29) is 18.2 Å². The Labute approximate surface area is 129 Å². The molecule has 1 amide bonds. The molecular formula is C15H12BrN3O2. The fraction of sp³-hybridized carbons (Fsp3) is 0.0667. The lowest BCUT2D eigenvalue weighted by atomic mass is 10.2. The predicted octanol–water partition coefficient (Wildman–Crippen LogP) is 3.30. The van der Waals surface area contributed by atoms with Gasteiger partial charge in [0.1, 0.15) is 5.76 Å². The number of fused-ring (bicyclic) bond motifs is 1. The third kappa shape index (κ3) is 2.81. The third-order valence-electron chi connectivity index (χ3n) is 3.01. The van der Waals surface area contributed by atoms with E-state index in [2.05, 4.69) is 26.2 Å². The second kappa shape index (κ2) is 5.67. The summed E-state index contributed by atoms with van der Waals surface area (Å²) in [5, 5.41) is 3.74. The number of halogens is 1. The Morgan fingerprint density at radius 2 is 2.19 bits per heavy atom. The number of rotatable bonds is 3. The van der Waals surface area contributed by atoms with Crippen molar-refractivity contribution in [3.05, 3.63) is 58.6 Å². The molecule has 2 heterocycles. The number of furan rings is 1. The van der Waals surface area contributed by atoms with Crippen molar-refractivity contribution in [3.8, 4) is 0 Å². The molecule has 0 fully saturated rings. The molecule has 0 atom stereocenters. The number of nitrogens with two attached hydrogens (primary N) is 1. The summed E-state index contributed by atoms with van der Waals surface area (Å²) < 4.78 is 6.22. The van der Waals surface area contributed by atoms with Crippen LogP contribution in [0.25, 0.3) is 10.9 Å². The molecule has 106 valence electrons. The van der Waals surface area contributed by atoms with E-state index >= 15 is 0 Å². The smallest absolute Gasteiger partial charge is 0.291 e. The number of para-hydroxylation sites is 1. The first-order valence-electron chi connectivity index (χ1n) is 6.32. The number of pyridine rings is 1. The summed E-state index contributed by atoms with van der Waals surface area (Å²) in [4.78, 5) is 16.5. The maximum Gasteiger partial charge on any atom is 0.291 e. The lowest BCUT2D eigenvalue weighted by Crippen LogP contribution is -2.11.